The van der Waals surface area contributed by atoms with Crippen molar-refractivity contribution in [3.8, 4) is 0 Å². The Hall–Kier alpha value is -1.71. The summed E-state index contributed by atoms with van der Waals surface area (Å²) in [4.78, 5) is 27.6. The van der Waals surface area contributed by atoms with E-state index in [1.54, 1.807) is 25.1 Å². The first-order chi connectivity index (χ1) is 16.2. The van der Waals surface area contributed by atoms with E-state index in [4.69, 9.17) is 46.4 Å². The number of sulfonamides is 1. The zero-order chi connectivity index (χ0) is 26.5. The predicted molar refractivity (Wildman–Crippen MR) is 143 cm³/mol. The standard InChI is InChI=1S/C23H27Cl4N3O4S/c1-14(2)11-28-23(32)15(3)29(12-17-18(24)6-5-7-19(17)25)22(31)13-30(35(4,33)34)16-8-9-20(26)21(27)10-16/h5-10,14-15H,11-13H2,1-4H3,(H,28,32)/t15-/m0/s1. The Balaban J connectivity index is 2.45. The molecular weight excluding hydrogens is 556 g/mol. The van der Waals surface area contributed by atoms with Crippen LogP contribution in [0.3, 0.4) is 0 Å². The molecule has 0 spiro atoms. The molecule has 0 aliphatic rings. The largest absolute Gasteiger partial charge is 0.354 e. The van der Waals surface area contributed by atoms with Gasteiger partial charge in [0.25, 0.3) is 0 Å². The summed E-state index contributed by atoms with van der Waals surface area (Å²) in [5, 5.41) is 3.79. The monoisotopic (exact) mass is 581 g/mol. The van der Waals surface area contributed by atoms with Crippen molar-refractivity contribution in [2.45, 2.75) is 33.4 Å². The molecule has 12 heteroatoms. The molecule has 0 heterocycles. The third kappa shape index (κ3) is 8.15. The van der Waals surface area contributed by atoms with Crippen molar-refractivity contribution in [3.05, 3.63) is 62.1 Å². The van der Waals surface area contributed by atoms with Crippen LogP contribution >= 0.6 is 46.4 Å². The maximum Gasteiger partial charge on any atom is 0.244 e. The van der Waals surface area contributed by atoms with E-state index in [0.717, 1.165) is 10.6 Å². The smallest absolute Gasteiger partial charge is 0.244 e. The van der Waals surface area contributed by atoms with Gasteiger partial charge in [-0.1, -0.05) is 66.3 Å². The van der Waals surface area contributed by atoms with E-state index >= 15 is 0 Å². The van der Waals surface area contributed by atoms with Crippen molar-refractivity contribution in [2.75, 3.05) is 23.7 Å². The lowest BCUT2D eigenvalue weighted by Crippen LogP contribution is -2.51. The number of carbonyl (C=O) groups is 2. The number of hydrogen-bond acceptors (Lipinski definition) is 4. The Morgan fingerprint density at radius 3 is 2.06 bits per heavy atom. The summed E-state index contributed by atoms with van der Waals surface area (Å²) in [6, 6.07) is 8.19. The van der Waals surface area contributed by atoms with Gasteiger partial charge in [0.1, 0.15) is 12.6 Å². The summed E-state index contributed by atoms with van der Waals surface area (Å²) in [5.74, 6) is -0.830. The van der Waals surface area contributed by atoms with Gasteiger partial charge in [0, 0.05) is 28.7 Å². The van der Waals surface area contributed by atoms with Gasteiger partial charge < -0.3 is 10.2 Å². The zero-order valence-electron chi connectivity index (χ0n) is 19.7. The molecule has 2 amide bonds. The molecule has 0 fully saturated rings. The lowest BCUT2D eigenvalue weighted by Gasteiger charge is -2.32. The van der Waals surface area contributed by atoms with E-state index < -0.39 is 34.4 Å². The lowest BCUT2D eigenvalue weighted by atomic mass is 10.1. The first kappa shape index (κ1) is 29.5. The highest BCUT2D eigenvalue weighted by molar-refractivity contribution is 7.92. The molecule has 0 saturated carbocycles. The summed E-state index contributed by atoms with van der Waals surface area (Å²) in [6.45, 7) is 5.17. The molecule has 2 aromatic rings. The van der Waals surface area contributed by atoms with Crippen molar-refractivity contribution in [1.82, 2.24) is 10.2 Å². The Bertz CT molecular complexity index is 1170. The minimum atomic E-state index is -3.90. The predicted octanol–water partition coefficient (Wildman–Crippen LogP) is 5.26. The first-order valence-corrected chi connectivity index (χ1v) is 14.0. The van der Waals surface area contributed by atoms with Crippen LogP contribution in [0.4, 0.5) is 5.69 Å². The third-order valence-electron chi connectivity index (χ3n) is 5.11. The highest BCUT2D eigenvalue weighted by Crippen LogP contribution is 2.30. The van der Waals surface area contributed by atoms with Gasteiger partial charge in [-0.25, -0.2) is 8.42 Å². The highest BCUT2D eigenvalue weighted by Gasteiger charge is 2.31. The molecule has 1 N–H and O–H groups in total. The first-order valence-electron chi connectivity index (χ1n) is 10.6. The fourth-order valence-corrected chi connectivity index (χ4v) is 4.79. The Kier molecular flexibility index (Phi) is 10.5. The fourth-order valence-electron chi connectivity index (χ4n) is 3.14. The Labute approximate surface area is 226 Å². The average molecular weight is 583 g/mol. The number of anilines is 1. The van der Waals surface area contributed by atoms with Crippen molar-refractivity contribution in [3.63, 3.8) is 0 Å². The van der Waals surface area contributed by atoms with Gasteiger partial charge in [-0.15, -0.1) is 0 Å². The van der Waals surface area contributed by atoms with Crippen molar-refractivity contribution in [2.24, 2.45) is 5.92 Å². The van der Waals surface area contributed by atoms with Crippen molar-refractivity contribution >= 4 is 73.9 Å². The summed E-state index contributed by atoms with van der Waals surface area (Å²) >= 11 is 24.7. The average Bonchev–Trinajstić information content (AvgIpc) is 2.76. The number of hydrogen-bond donors (Lipinski definition) is 1. The van der Waals surface area contributed by atoms with Crippen LogP contribution in [0.2, 0.25) is 20.1 Å². The number of rotatable bonds is 10. The Morgan fingerprint density at radius 1 is 0.943 bits per heavy atom. The van der Waals surface area contributed by atoms with Crippen LogP contribution in [-0.4, -0.2) is 50.5 Å². The second-order valence-corrected chi connectivity index (χ2v) is 11.9. The van der Waals surface area contributed by atoms with Crippen LogP contribution in [0, 0.1) is 5.92 Å². The summed E-state index contributed by atoms with van der Waals surface area (Å²) in [5.41, 5.74) is 0.594. The summed E-state index contributed by atoms with van der Waals surface area (Å²) in [6.07, 6.45) is 0.969. The van der Waals surface area contributed by atoms with Crippen molar-refractivity contribution < 1.29 is 18.0 Å². The number of carbonyl (C=O) groups excluding carboxylic acids is 2. The summed E-state index contributed by atoms with van der Waals surface area (Å²) < 4.78 is 26.1. The molecule has 0 bridgehead atoms. The van der Waals surface area contributed by atoms with Crippen LogP contribution in [0.15, 0.2) is 36.4 Å². The van der Waals surface area contributed by atoms with Crippen LogP contribution in [0.5, 0.6) is 0 Å². The number of amides is 2. The maximum absolute atomic E-state index is 13.5. The van der Waals surface area contributed by atoms with Gasteiger partial charge in [0.15, 0.2) is 0 Å². The molecule has 0 aromatic heterocycles. The van der Waals surface area contributed by atoms with Gasteiger partial charge >= 0.3 is 0 Å². The molecule has 2 aromatic carbocycles. The molecule has 1 atom stereocenters. The lowest BCUT2D eigenvalue weighted by molar-refractivity contribution is -0.139. The number of nitrogens with one attached hydrogen (secondary N) is 1. The van der Waals surface area contributed by atoms with E-state index in [1.165, 1.54) is 23.1 Å². The quantitative estimate of drug-likeness (QED) is 0.414. The van der Waals surface area contributed by atoms with E-state index in [-0.39, 0.29) is 28.2 Å². The topological polar surface area (TPSA) is 86.8 Å². The van der Waals surface area contributed by atoms with Crippen LogP contribution < -0.4 is 9.62 Å². The van der Waals surface area contributed by atoms with Crippen LogP contribution in [0.25, 0.3) is 0 Å². The number of halogens is 4. The van der Waals surface area contributed by atoms with Gasteiger partial charge in [-0.3, -0.25) is 13.9 Å². The zero-order valence-corrected chi connectivity index (χ0v) is 23.5. The van der Waals surface area contributed by atoms with Crippen molar-refractivity contribution in [1.29, 1.82) is 0 Å². The third-order valence-corrected chi connectivity index (χ3v) is 7.70. The van der Waals surface area contributed by atoms with Gasteiger partial charge in [0.05, 0.1) is 22.0 Å². The molecule has 35 heavy (non-hydrogen) atoms. The van der Waals surface area contributed by atoms with Crippen LogP contribution in [-0.2, 0) is 26.2 Å². The van der Waals surface area contributed by atoms with Crippen LogP contribution in [0.1, 0.15) is 26.3 Å². The molecular formula is C23H27Cl4N3O4S. The van der Waals surface area contributed by atoms with E-state index in [1.807, 2.05) is 13.8 Å². The fraction of sp³-hybridized carbons (Fsp3) is 0.391. The molecule has 0 unspecified atom stereocenters. The van der Waals surface area contributed by atoms with Gasteiger partial charge in [0.2, 0.25) is 21.8 Å². The second kappa shape index (κ2) is 12.5. The molecule has 0 aliphatic carbocycles. The molecule has 2 rings (SSSR count). The van der Waals surface area contributed by atoms with E-state index in [9.17, 15) is 18.0 Å². The molecule has 0 saturated heterocycles. The van der Waals surface area contributed by atoms with Gasteiger partial charge in [-0.05, 0) is 43.2 Å². The summed E-state index contributed by atoms with van der Waals surface area (Å²) in [7, 11) is -3.90. The Morgan fingerprint density at radius 2 is 1.54 bits per heavy atom. The van der Waals surface area contributed by atoms with Gasteiger partial charge in [-0.2, -0.15) is 0 Å². The normalized spacial score (nSPS) is 12.4. The SMILES string of the molecule is CC(C)CNC(=O)[C@H](C)N(Cc1c(Cl)cccc1Cl)C(=O)CN(c1ccc(Cl)c(Cl)c1)S(C)(=O)=O. The van der Waals surface area contributed by atoms with E-state index in [2.05, 4.69) is 5.32 Å². The minimum absolute atomic E-state index is 0.105. The number of benzene rings is 2. The molecule has 0 radical (unpaired) electrons. The molecule has 0 aliphatic heterocycles. The van der Waals surface area contributed by atoms with E-state index in [0.29, 0.717) is 22.2 Å². The second-order valence-electron chi connectivity index (χ2n) is 8.40. The minimum Gasteiger partial charge on any atom is -0.354 e. The maximum atomic E-state index is 13.5. The molecule has 7 nitrogen and oxygen atoms in total. The number of nitrogens with zero attached hydrogens (tertiary/aromatic N) is 2. The highest BCUT2D eigenvalue weighted by atomic mass is 35.5. The molecule has 192 valence electrons.